The van der Waals surface area contributed by atoms with Gasteiger partial charge in [0.1, 0.15) is 0 Å². The maximum Gasteiger partial charge on any atom is 0.0292 e. The Hall–Kier alpha value is 0.220. The predicted molar refractivity (Wildman–Crippen MR) is 73.7 cm³/mol. The molecule has 86 valence electrons. The van der Waals surface area contributed by atoms with E-state index < -0.39 is 0 Å². The summed E-state index contributed by atoms with van der Waals surface area (Å²) < 4.78 is 0. The van der Waals surface area contributed by atoms with Gasteiger partial charge in [-0.1, -0.05) is 6.92 Å². The number of hydrogen-bond donors (Lipinski definition) is 1. The van der Waals surface area contributed by atoms with Crippen molar-refractivity contribution >= 4 is 23.5 Å². The maximum atomic E-state index is 3.61. The van der Waals surface area contributed by atoms with E-state index in [1.54, 1.807) is 0 Å². The molecule has 15 heavy (non-hydrogen) atoms. The van der Waals surface area contributed by atoms with Crippen LogP contribution in [-0.4, -0.2) is 35.1 Å². The third-order valence-electron chi connectivity index (χ3n) is 2.51. The normalized spacial score (nSPS) is 22.9. The van der Waals surface area contributed by atoms with Gasteiger partial charge in [-0.2, -0.15) is 23.5 Å². The van der Waals surface area contributed by atoms with Gasteiger partial charge in [0.25, 0.3) is 0 Å². The molecule has 0 aromatic rings. The van der Waals surface area contributed by atoms with E-state index in [2.05, 4.69) is 47.6 Å². The van der Waals surface area contributed by atoms with E-state index in [0.717, 1.165) is 18.2 Å². The molecule has 1 heterocycles. The summed E-state index contributed by atoms with van der Waals surface area (Å²) >= 11 is 4.24. The minimum Gasteiger partial charge on any atom is -0.313 e. The smallest absolute Gasteiger partial charge is 0.0292 e. The molecule has 0 saturated carbocycles. The summed E-state index contributed by atoms with van der Waals surface area (Å²) in [6.45, 7) is 5.19. The fourth-order valence-corrected chi connectivity index (χ4v) is 4.70. The third kappa shape index (κ3) is 5.19. The molecule has 1 nitrogen and oxygen atoms in total. The SMILES string of the molecule is CC#CCCC(NCC)C1CSCCS1. The summed E-state index contributed by atoms with van der Waals surface area (Å²) in [7, 11) is 0. The molecular weight excluding hydrogens is 222 g/mol. The van der Waals surface area contributed by atoms with E-state index in [-0.39, 0.29) is 0 Å². The van der Waals surface area contributed by atoms with Gasteiger partial charge in [0.15, 0.2) is 0 Å². The van der Waals surface area contributed by atoms with E-state index in [0.29, 0.717) is 6.04 Å². The lowest BCUT2D eigenvalue weighted by molar-refractivity contribution is 0.498. The van der Waals surface area contributed by atoms with Crippen LogP contribution in [0, 0.1) is 11.8 Å². The second-order valence-corrected chi connectivity index (χ2v) is 6.11. The lowest BCUT2D eigenvalue weighted by atomic mass is 10.1. The molecule has 0 bridgehead atoms. The Bertz CT molecular complexity index is 213. The van der Waals surface area contributed by atoms with Crippen molar-refractivity contribution < 1.29 is 0 Å². The molecule has 0 aromatic carbocycles. The fraction of sp³-hybridized carbons (Fsp3) is 0.833. The summed E-state index contributed by atoms with van der Waals surface area (Å²) in [5.74, 6) is 10.1. The first-order valence-corrected chi connectivity index (χ1v) is 7.91. The standard InChI is InChI=1S/C12H21NS2/c1-3-5-6-7-11(13-4-2)12-10-14-8-9-15-12/h11-13H,4,6-10H2,1-2H3. The number of hydrogen-bond acceptors (Lipinski definition) is 3. The van der Waals surface area contributed by atoms with Crippen molar-refractivity contribution in [2.24, 2.45) is 0 Å². The monoisotopic (exact) mass is 243 g/mol. The molecular formula is C12H21NS2. The molecule has 1 aliphatic heterocycles. The van der Waals surface area contributed by atoms with Crippen molar-refractivity contribution in [3.8, 4) is 11.8 Å². The van der Waals surface area contributed by atoms with Gasteiger partial charge >= 0.3 is 0 Å². The molecule has 2 atom stereocenters. The van der Waals surface area contributed by atoms with Crippen LogP contribution in [0.3, 0.4) is 0 Å². The van der Waals surface area contributed by atoms with E-state index in [1.165, 1.54) is 23.7 Å². The molecule has 0 spiro atoms. The van der Waals surface area contributed by atoms with Crippen molar-refractivity contribution in [1.29, 1.82) is 0 Å². The Labute approximate surface area is 103 Å². The van der Waals surface area contributed by atoms with Crippen molar-refractivity contribution in [2.45, 2.75) is 38.0 Å². The van der Waals surface area contributed by atoms with Crippen molar-refractivity contribution in [2.75, 3.05) is 23.8 Å². The summed E-state index contributed by atoms with van der Waals surface area (Å²) in [4.78, 5) is 0. The zero-order chi connectivity index (χ0) is 10.9. The second-order valence-electron chi connectivity index (χ2n) is 3.61. The molecule has 1 N–H and O–H groups in total. The molecule has 0 aromatic heterocycles. The van der Waals surface area contributed by atoms with E-state index in [4.69, 9.17) is 0 Å². The molecule has 3 heteroatoms. The lowest BCUT2D eigenvalue weighted by Crippen LogP contribution is -2.40. The quantitative estimate of drug-likeness (QED) is 0.746. The molecule has 1 saturated heterocycles. The summed E-state index contributed by atoms with van der Waals surface area (Å²) in [6, 6.07) is 0.661. The Morgan fingerprint density at radius 3 is 2.93 bits per heavy atom. The van der Waals surface area contributed by atoms with Gasteiger partial charge < -0.3 is 5.32 Å². The second kappa shape index (κ2) is 8.38. The highest BCUT2D eigenvalue weighted by Crippen LogP contribution is 2.27. The molecule has 1 fully saturated rings. The molecule has 0 aliphatic carbocycles. The largest absolute Gasteiger partial charge is 0.313 e. The van der Waals surface area contributed by atoms with Crippen LogP contribution >= 0.6 is 23.5 Å². The summed E-state index contributed by atoms with van der Waals surface area (Å²) in [5.41, 5.74) is 0. The Morgan fingerprint density at radius 2 is 2.33 bits per heavy atom. The van der Waals surface area contributed by atoms with Crippen LogP contribution in [0.2, 0.25) is 0 Å². The van der Waals surface area contributed by atoms with E-state index >= 15 is 0 Å². The number of rotatable bonds is 5. The van der Waals surface area contributed by atoms with Crippen LogP contribution in [0.15, 0.2) is 0 Å². The maximum absolute atomic E-state index is 3.61. The van der Waals surface area contributed by atoms with Gasteiger partial charge in [0, 0.05) is 35.0 Å². The van der Waals surface area contributed by atoms with Crippen molar-refractivity contribution in [3.63, 3.8) is 0 Å². The first kappa shape index (κ1) is 13.3. The molecule has 1 rings (SSSR count). The van der Waals surface area contributed by atoms with Crippen LogP contribution in [0.5, 0.6) is 0 Å². The van der Waals surface area contributed by atoms with Crippen LogP contribution in [0.4, 0.5) is 0 Å². The Morgan fingerprint density at radius 1 is 1.47 bits per heavy atom. The lowest BCUT2D eigenvalue weighted by Gasteiger charge is -2.29. The predicted octanol–water partition coefficient (Wildman–Crippen LogP) is 2.62. The Kier molecular flexibility index (Phi) is 7.42. The fourth-order valence-electron chi connectivity index (χ4n) is 1.77. The third-order valence-corrected chi connectivity index (χ3v) is 5.43. The zero-order valence-corrected chi connectivity index (χ0v) is 11.3. The molecule has 0 amide bonds. The van der Waals surface area contributed by atoms with Crippen LogP contribution in [-0.2, 0) is 0 Å². The van der Waals surface area contributed by atoms with Gasteiger partial charge in [-0.05, 0) is 19.9 Å². The highest BCUT2D eigenvalue weighted by Gasteiger charge is 2.23. The first-order valence-electron chi connectivity index (χ1n) is 5.70. The van der Waals surface area contributed by atoms with Gasteiger partial charge in [0.2, 0.25) is 0 Å². The molecule has 2 unspecified atom stereocenters. The van der Waals surface area contributed by atoms with Gasteiger partial charge in [-0.3, -0.25) is 0 Å². The van der Waals surface area contributed by atoms with Crippen LogP contribution < -0.4 is 5.32 Å². The van der Waals surface area contributed by atoms with Crippen LogP contribution in [0.1, 0.15) is 26.7 Å². The highest BCUT2D eigenvalue weighted by atomic mass is 32.2. The minimum absolute atomic E-state index is 0.661. The number of thioether (sulfide) groups is 2. The topological polar surface area (TPSA) is 12.0 Å². The summed E-state index contributed by atoms with van der Waals surface area (Å²) in [6.07, 6.45) is 2.24. The summed E-state index contributed by atoms with van der Waals surface area (Å²) in [5, 5.41) is 4.40. The van der Waals surface area contributed by atoms with Crippen molar-refractivity contribution in [1.82, 2.24) is 5.32 Å². The average Bonchev–Trinajstić information content (AvgIpc) is 2.29. The molecule has 0 radical (unpaired) electrons. The zero-order valence-electron chi connectivity index (χ0n) is 9.71. The molecule has 1 aliphatic rings. The highest BCUT2D eigenvalue weighted by molar-refractivity contribution is 8.06. The average molecular weight is 243 g/mol. The van der Waals surface area contributed by atoms with Crippen molar-refractivity contribution in [3.05, 3.63) is 0 Å². The van der Waals surface area contributed by atoms with E-state index in [9.17, 15) is 0 Å². The van der Waals surface area contributed by atoms with Gasteiger partial charge in [-0.25, -0.2) is 0 Å². The first-order chi connectivity index (χ1) is 7.38. The number of nitrogens with one attached hydrogen (secondary N) is 1. The van der Waals surface area contributed by atoms with Gasteiger partial charge in [0.05, 0.1) is 0 Å². The van der Waals surface area contributed by atoms with Crippen LogP contribution in [0.25, 0.3) is 0 Å². The van der Waals surface area contributed by atoms with E-state index in [1.807, 2.05) is 6.92 Å². The Balaban J connectivity index is 2.35. The minimum atomic E-state index is 0.661. The van der Waals surface area contributed by atoms with Gasteiger partial charge in [-0.15, -0.1) is 11.8 Å².